The van der Waals surface area contributed by atoms with Gasteiger partial charge < -0.3 is 10.2 Å². The van der Waals surface area contributed by atoms with Crippen LogP contribution in [-0.2, 0) is 6.54 Å². The van der Waals surface area contributed by atoms with E-state index in [1.165, 1.54) is 17.5 Å². The molecule has 1 aliphatic rings. The molecule has 2 rings (SSSR count). The van der Waals surface area contributed by atoms with Crippen LogP contribution in [0, 0.1) is 6.92 Å². The molecule has 0 aromatic carbocycles. The van der Waals surface area contributed by atoms with E-state index >= 15 is 0 Å². The second kappa shape index (κ2) is 4.93. The molecule has 3 nitrogen and oxygen atoms in total. The van der Waals surface area contributed by atoms with Gasteiger partial charge in [0.25, 0.3) is 0 Å². The third-order valence-corrected chi connectivity index (χ3v) is 3.62. The van der Waals surface area contributed by atoms with Crippen molar-refractivity contribution >= 4 is 0 Å². The van der Waals surface area contributed by atoms with Gasteiger partial charge in [0.1, 0.15) is 0 Å². The monoisotopic (exact) mass is 219 g/mol. The first-order chi connectivity index (χ1) is 7.66. The molecule has 1 aromatic heterocycles. The number of hydrogen-bond acceptors (Lipinski definition) is 3. The summed E-state index contributed by atoms with van der Waals surface area (Å²) < 4.78 is 0. The molecular weight excluding hydrogens is 198 g/mol. The summed E-state index contributed by atoms with van der Waals surface area (Å²) in [4.78, 5) is 6.58. The number of aromatic nitrogens is 1. The Bertz CT molecular complexity index is 341. The molecule has 1 N–H and O–H groups in total. The van der Waals surface area contributed by atoms with E-state index in [-0.39, 0.29) is 0 Å². The minimum absolute atomic E-state index is 0.625. The number of likely N-dealkylation sites (tertiary alicyclic amines) is 1. The fourth-order valence-corrected chi connectivity index (χ4v) is 2.28. The first kappa shape index (κ1) is 11.6. The lowest BCUT2D eigenvalue weighted by Gasteiger charge is -2.14. The van der Waals surface area contributed by atoms with Crippen LogP contribution in [0.1, 0.15) is 24.5 Å². The fraction of sp³-hybridized carbons (Fsp3) is 0.615. The lowest BCUT2D eigenvalue weighted by molar-refractivity contribution is 0.326. The molecule has 2 atom stereocenters. The van der Waals surface area contributed by atoms with Gasteiger partial charge in [-0.2, -0.15) is 0 Å². The molecule has 2 heterocycles. The molecule has 2 unspecified atom stereocenters. The Labute approximate surface area is 97.9 Å². The Kier molecular flexibility index (Phi) is 3.56. The smallest absolute Gasteiger partial charge is 0.0315 e. The third kappa shape index (κ3) is 2.60. The number of likely N-dealkylation sites (N-methyl/N-ethyl adjacent to an activating group) is 1. The van der Waals surface area contributed by atoms with E-state index in [4.69, 9.17) is 0 Å². The van der Waals surface area contributed by atoms with E-state index in [1.54, 1.807) is 0 Å². The Morgan fingerprint density at radius 1 is 1.56 bits per heavy atom. The molecule has 1 fully saturated rings. The number of nitrogens with one attached hydrogen (secondary N) is 1. The second-order valence-corrected chi connectivity index (χ2v) is 4.90. The van der Waals surface area contributed by atoms with Crippen LogP contribution in [0.4, 0.5) is 0 Å². The largest absolute Gasteiger partial charge is 0.309 e. The molecule has 0 radical (unpaired) electrons. The molecule has 16 heavy (non-hydrogen) atoms. The third-order valence-electron chi connectivity index (χ3n) is 3.62. The molecule has 3 heteroatoms. The number of aryl methyl sites for hydroxylation is 1. The minimum Gasteiger partial charge on any atom is -0.309 e. The molecule has 1 aliphatic heterocycles. The van der Waals surface area contributed by atoms with Crippen LogP contribution in [-0.4, -0.2) is 35.6 Å². The average molecular weight is 219 g/mol. The fourth-order valence-electron chi connectivity index (χ4n) is 2.28. The van der Waals surface area contributed by atoms with Gasteiger partial charge >= 0.3 is 0 Å². The van der Waals surface area contributed by atoms with E-state index in [2.05, 4.69) is 42.2 Å². The van der Waals surface area contributed by atoms with Gasteiger partial charge in [0.15, 0.2) is 0 Å². The molecule has 1 aromatic rings. The highest BCUT2D eigenvalue weighted by Gasteiger charge is 2.25. The summed E-state index contributed by atoms with van der Waals surface area (Å²) in [5, 5.41) is 3.62. The van der Waals surface area contributed by atoms with Crippen molar-refractivity contribution < 1.29 is 0 Å². The summed E-state index contributed by atoms with van der Waals surface area (Å²) in [6.45, 7) is 6.52. The van der Waals surface area contributed by atoms with E-state index in [0.29, 0.717) is 12.1 Å². The highest BCUT2D eigenvalue weighted by molar-refractivity contribution is 5.21. The quantitative estimate of drug-likeness (QED) is 0.836. The normalized spacial score (nSPS) is 26.2. The van der Waals surface area contributed by atoms with Crippen molar-refractivity contribution in [2.24, 2.45) is 0 Å². The lowest BCUT2D eigenvalue weighted by atomic mass is 10.1. The summed E-state index contributed by atoms with van der Waals surface area (Å²) in [6.07, 6.45) is 5.06. The van der Waals surface area contributed by atoms with Crippen molar-refractivity contribution in [1.29, 1.82) is 0 Å². The van der Waals surface area contributed by atoms with Gasteiger partial charge in [-0.3, -0.25) is 4.98 Å². The van der Waals surface area contributed by atoms with Crippen LogP contribution >= 0.6 is 0 Å². The molecular formula is C13H21N3. The first-order valence-electron chi connectivity index (χ1n) is 6.00. The van der Waals surface area contributed by atoms with Gasteiger partial charge in [-0.25, -0.2) is 0 Å². The van der Waals surface area contributed by atoms with Crippen LogP contribution in [0.2, 0.25) is 0 Å². The number of hydrogen-bond donors (Lipinski definition) is 1. The van der Waals surface area contributed by atoms with Crippen molar-refractivity contribution in [3.8, 4) is 0 Å². The van der Waals surface area contributed by atoms with E-state index < -0.39 is 0 Å². The van der Waals surface area contributed by atoms with Gasteiger partial charge in [0.05, 0.1) is 0 Å². The maximum atomic E-state index is 4.17. The van der Waals surface area contributed by atoms with Gasteiger partial charge in [-0.1, -0.05) is 0 Å². The van der Waals surface area contributed by atoms with Crippen molar-refractivity contribution in [2.45, 2.75) is 38.9 Å². The highest BCUT2D eigenvalue weighted by Crippen LogP contribution is 2.15. The summed E-state index contributed by atoms with van der Waals surface area (Å²) in [6, 6.07) is 3.40. The SMILES string of the molecule is Cc1ccncc1CNC1CC(C)N(C)C1. The molecule has 88 valence electrons. The predicted molar refractivity (Wildman–Crippen MR) is 66.3 cm³/mol. The van der Waals surface area contributed by atoms with Gasteiger partial charge in [0, 0.05) is 37.6 Å². The number of nitrogens with zero attached hydrogens (tertiary/aromatic N) is 2. The van der Waals surface area contributed by atoms with Crippen LogP contribution in [0.25, 0.3) is 0 Å². The molecule has 0 saturated carbocycles. The standard InChI is InChI=1S/C13H21N3/c1-10-4-5-14-7-12(10)8-15-13-6-11(2)16(3)9-13/h4-5,7,11,13,15H,6,8-9H2,1-3H3. The van der Waals surface area contributed by atoms with Crippen LogP contribution < -0.4 is 5.32 Å². The predicted octanol–water partition coefficient (Wildman–Crippen LogP) is 1.57. The zero-order valence-electron chi connectivity index (χ0n) is 10.4. The Balaban J connectivity index is 1.87. The van der Waals surface area contributed by atoms with E-state index in [9.17, 15) is 0 Å². The molecule has 0 aliphatic carbocycles. The van der Waals surface area contributed by atoms with Crippen molar-refractivity contribution in [2.75, 3.05) is 13.6 Å². The zero-order chi connectivity index (χ0) is 11.5. The minimum atomic E-state index is 0.625. The molecule has 1 saturated heterocycles. The molecule has 0 spiro atoms. The Morgan fingerprint density at radius 2 is 2.38 bits per heavy atom. The second-order valence-electron chi connectivity index (χ2n) is 4.90. The zero-order valence-corrected chi connectivity index (χ0v) is 10.4. The summed E-state index contributed by atoms with van der Waals surface area (Å²) in [5.41, 5.74) is 2.63. The van der Waals surface area contributed by atoms with Crippen molar-refractivity contribution in [1.82, 2.24) is 15.2 Å². The first-order valence-corrected chi connectivity index (χ1v) is 6.00. The maximum Gasteiger partial charge on any atom is 0.0315 e. The number of rotatable bonds is 3. The average Bonchev–Trinajstić information content (AvgIpc) is 2.57. The Hall–Kier alpha value is -0.930. The van der Waals surface area contributed by atoms with Crippen LogP contribution in [0.15, 0.2) is 18.5 Å². The van der Waals surface area contributed by atoms with Crippen molar-refractivity contribution in [3.63, 3.8) is 0 Å². The van der Waals surface area contributed by atoms with Crippen molar-refractivity contribution in [3.05, 3.63) is 29.6 Å². The topological polar surface area (TPSA) is 28.2 Å². The van der Waals surface area contributed by atoms with Gasteiger partial charge in [-0.05, 0) is 44.5 Å². The van der Waals surface area contributed by atoms with E-state index in [0.717, 1.165) is 13.1 Å². The maximum absolute atomic E-state index is 4.17. The van der Waals surface area contributed by atoms with Gasteiger partial charge in [0.2, 0.25) is 0 Å². The molecule has 0 amide bonds. The van der Waals surface area contributed by atoms with Gasteiger partial charge in [-0.15, -0.1) is 0 Å². The highest BCUT2D eigenvalue weighted by atomic mass is 15.2. The Morgan fingerprint density at radius 3 is 3.00 bits per heavy atom. The van der Waals surface area contributed by atoms with Crippen LogP contribution in [0.5, 0.6) is 0 Å². The summed E-state index contributed by atoms with van der Waals surface area (Å²) in [7, 11) is 2.20. The number of pyridine rings is 1. The summed E-state index contributed by atoms with van der Waals surface area (Å²) >= 11 is 0. The molecule has 0 bridgehead atoms. The summed E-state index contributed by atoms with van der Waals surface area (Å²) in [5.74, 6) is 0. The van der Waals surface area contributed by atoms with E-state index in [1.807, 2.05) is 12.4 Å². The van der Waals surface area contributed by atoms with Crippen LogP contribution in [0.3, 0.4) is 0 Å². The lowest BCUT2D eigenvalue weighted by Crippen LogP contribution is -2.31.